The third-order valence-electron chi connectivity index (χ3n) is 4.07. The second-order valence-corrected chi connectivity index (χ2v) is 5.88. The van der Waals surface area contributed by atoms with Crippen molar-refractivity contribution in [3.05, 3.63) is 76.7 Å². The van der Waals surface area contributed by atoms with Crippen LogP contribution < -0.4 is 0 Å². The van der Waals surface area contributed by atoms with Gasteiger partial charge in [0.15, 0.2) is 5.69 Å². The number of nitro groups is 1. The van der Waals surface area contributed by atoms with E-state index in [2.05, 4.69) is 15.1 Å². The molecule has 7 nitrogen and oxygen atoms in total. The number of aromatic nitrogens is 4. The molecule has 0 radical (unpaired) electrons. The van der Waals surface area contributed by atoms with Crippen molar-refractivity contribution in [1.82, 2.24) is 19.6 Å². The van der Waals surface area contributed by atoms with E-state index < -0.39 is 16.8 Å². The van der Waals surface area contributed by atoms with Crippen LogP contribution in [-0.2, 0) is 6.18 Å². The Morgan fingerprint density at radius 2 is 1.64 bits per heavy atom. The summed E-state index contributed by atoms with van der Waals surface area (Å²) >= 11 is 0. The van der Waals surface area contributed by atoms with Crippen molar-refractivity contribution < 1.29 is 18.1 Å². The largest absolute Gasteiger partial charge is 0.435 e. The maximum atomic E-state index is 12.8. The number of benzene rings is 2. The predicted octanol–water partition coefficient (Wildman–Crippen LogP) is 4.39. The smallest absolute Gasteiger partial charge is 0.258 e. The Labute approximate surface area is 155 Å². The summed E-state index contributed by atoms with van der Waals surface area (Å²) in [5.74, 6) is -0.175. The van der Waals surface area contributed by atoms with Gasteiger partial charge in [0.25, 0.3) is 11.5 Å². The van der Waals surface area contributed by atoms with Gasteiger partial charge < -0.3 is 0 Å². The van der Waals surface area contributed by atoms with Crippen LogP contribution in [0.4, 0.5) is 18.9 Å². The van der Waals surface area contributed by atoms with Crippen LogP contribution in [0.5, 0.6) is 0 Å². The Morgan fingerprint density at radius 1 is 0.964 bits per heavy atom. The molecule has 0 amide bonds. The summed E-state index contributed by atoms with van der Waals surface area (Å²) < 4.78 is 39.6. The summed E-state index contributed by atoms with van der Waals surface area (Å²) in [6.45, 7) is 0. The fourth-order valence-corrected chi connectivity index (χ4v) is 2.77. The highest BCUT2D eigenvalue weighted by atomic mass is 19.4. The van der Waals surface area contributed by atoms with Gasteiger partial charge in [-0.1, -0.05) is 30.3 Å². The number of fused-ring (bicyclic) bond motifs is 1. The standard InChI is InChI=1S/C18H10F3N5O2/c19-18(20,21)16-10-23-25-15(9-22-17(25)24-16)13-5-1-3-11(7-13)12-4-2-6-14(8-12)26(27)28/h1-10H. The zero-order valence-electron chi connectivity index (χ0n) is 14.0. The molecule has 0 unspecified atom stereocenters. The van der Waals surface area contributed by atoms with E-state index in [1.54, 1.807) is 36.4 Å². The molecule has 4 aromatic rings. The molecule has 2 aromatic carbocycles. The van der Waals surface area contributed by atoms with Crippen LogP contribution in [0.3, 0.4) is 0 Å². The van der Waals surface area contributed by atoms with Crippen molar-refractivity contribution in [3.8, 4) is 22.4 Å². The van der Waals surface area contributed by atoms with Crippen molar-refractivity contribution in [2.45, 2.75) is 6.18 Å². The number of nitrogens with zero attached hydrogens (tertiary/aromatic N) is 5. The molecule has 0 aliphatic carbocycles. The van der Waals surface area contributed by atoms with E-state index in [0.717, 1.165) is 0 Å². The summed E-state index contributed by atoms with van der Waals surface area (Å²) in [4.78, 5) is 17.9. The first kappa shape index (κ1) is 17.6. The molecule has 0 N–H and O–H groups in total. The molecule has 2 aromatic heterocycles. The molecule has 0 spiro atoms. The van der Waals surface area contributed by atoms with E-state index >= 15 is 0 Å². The monoisotopic (exact) mass is 385 g/mol. The minimum absolute atomic E-state index is 0.0387. The third kappa shape index (κ3) is 3.15. The number of imidazole rings is 1. The van der Waals surface area contributed by atoms with E-state index in [-0.39, 0.29) is 11.5 Å². The Balaban J connectivity index is 1.78. The van der Waals surface area contributed by atoms with Crippen molar-refractivity contribution >= 4 is 11.5 Å². The minimum Gasteiger partial charge on any atom is -0.258 e. The Hall–Kier alpha value is -3.82. The number of hydrogen-bond donors (Lipinski definition) is 0. The van der Waals surface area contributed by atoms with Crippen molar-refractivity contribution in [2.24, 2.45) is 0 Å². The van der Waals surface area contributed by atoms with E-state index in [1.165, 1.54) is 22.8 Å². The first-order chi connectivity index (χ1) is 13.3. The second kappa shape index (κ2) is 6.41. The lowest BCUT2D eigenvalue weighted by molar-refractivity contribution is -0.384. The van der Waals surface area contributed by atoms with Gasteiger partial charge in [-0.05, 0) is 17.2 Å². The van der Waals surface area contributed by atoms with Crippen molar-refractivity contribution in [3.63, 3.8) is 0 Å². The van der Waals surface area contributed by atoms with Crippen molar-refractivity contribution in [1.29, 1.82) is 0 Å². The normalized spacial score (nSPS) is 11.7. The second-order valence-electron chi connectivity index (χ2n) is 5.88. The minimum atomic E-state index is -4.61. The SMILES string of the molecule is O=[N+]([O-])c1cccc(-c2cccc(-c3cnc4nc(C(F)(F)F)cnn34)c2)c1. The van der Waals surface area contributed by atoms with Gasteiger partial charge >= 0.3 is 6.18 Å². The number of halogens is 3. The summed E-state index contributed by atoms with van der Waals surface area (Å²) in [6.07, 6.45) is -2.59. The lowest BCUT2D eigenvalue weighted by Gasteiger charge is -2.07. The van der Waals surface area contributed by atoms with Gasteiger partial charge in [-0.3, -0.25) is 10.1 Å². The fourth-order valence-electron chi connectivity index (χ4n) is 2.77. The van der Waals surface area contributed by atoms with Crippen LogP contribution in [-0.4, -0.2) is 24.5 Å². The molecule has 2 heterocycles. The molecule has 0 saturated carbocycles. The van der Waals surface area contributed by atoms with Gasteiger partial charge in [0.05, 0.1) is 23.0 Å². The average Bonchev–Trinajstić information content (AvgIpc) is 3.11. The molecule has 0 bridgehead atoms. The molecule has 10 heteroatoms. The third-order valence-corrected chi connectivity index (χ3v) is 4.07. The van der Waals surface area contributed by atoms with Gasteiger partial charge in [-0.25, -0.2) is 9.97 Å². The van der Waals surface area contributed by atoms with Gasteiger partial charge in [0.2, 0.25) is 0 Å². The van der Waals surface area contributed by atoms with Crippen LogP contribution >= 0.6 is 0 Å². The molecule has 4 rings (SSSR count). The van der Waals surface area contributed by atoms with E-state index in [4.69, 9.17) is 0 Å². The number of nitro benzene ring substituents is 1. The molecule has 0 saturated heterocycles. The molecule has 28 heavy (non-hydrogen) atoms. The summed E-state index contributed by atoms with van der Waals surface area (Å²) in [7, 11) is 0. The van der Waals surface area contributed by atoms with Gasteiger partial charge in [-0.15, -0.1) is 0 Å². The molecule has 140 valence electrons. The topological polar surface area (TPSA) is 86.2 Å². The maximum Gasteiger partial charge on any atom is 0.435 e. The van der Waals surface area contributed by atoms with E-state index in [9.17, 15) is 23.3 Å². The highest BCUT2D eigenvalue weighted by molar-refractivity contribution is 5.73. The summed E-state index contributed by atoms with van der Waals surface area (Å²) in [6, 6.07) is 13.2. The molecule has 0 aliphatic heterocycles. The fraction of sp³-hybridized carbons (Fsp3) is 0.0556. The first-order valence-corrected chi connectivity index (χ1v) is 7.96. The maximum absolute atomic E-state index is 12.8. The molecular weight excluding hydrogens is 375 g/mol. The van der Waals surface area contributed by atoms with Crippen LogP contribution in [0.25, 0.3) is 28.2 Å². The quantitative estimate of drug-likeness (QED) is 0.386. The van der Waals surface area contributed by atoms with Crippen LogP contribution in [0.2, 0.25) is 0 Å². The summed E-state index contributed by atoms with van der Waals surface area (Å²) in [5, 5.41) is 14.8. The Morgan fingerprint density at radius 3 is 2.36 bits per heavy atom. The number of alkyl halides is 3. The van der Waals surface area contributed by atoms with Gasteiger partial charge in [0.1, 0.15) is 0 Å². The molecule has 0 aliphatic rings. The first-order valence-electron chi connectivity index (χ1n) is 7.96. The van der Waals surface area contributed by atoms with Gasteiger partial charge in [0, 0.05) is 17.7 Å². The number of hydrogen-bond acceptors (Lipinski definition) is 5. The van der Waals surface area contributed by atoms with E-state index in [1.807, 2.05) is 0 Å². The lowest BCUT2D eigenvalue weighted by atomic mass is 10.0. The molecular formula is C18H10F3N5O2. The zero-order chi connectivity index (χ0) is 19.9. The highest BCUT2D eigenvalue weighted by Gasteiger charge is 2.33. The number of non-ortho nitro benzene ring substituents is 1. The Bertz CT molecular complexity index is 1200. The van der Waals surface area contributed by atoms with Crippen LogP contribution in [0.15, 0.2) is 60.9 Å². The van der Waals surface area contributed by atoms with Gasteiger partial charge in [-0.2, -0.15) is 22.8 Å². The Kier molecular flexibility index (Phi) is 4.03. The van der Waals surface area contributed by atoms with Crippen molar-refractivity contribution in [2.75, 3.05) is 0 Å². The zero-order valence-corrected chi connectivity index (χ0v) is 14.0. The molecule has 0 fully saturated rings. The predicted molar refractivity (Wildman–Crippen MR) is 93.3 cm³/mol. The highest BCUT2D eigenvalue weighted by Crippen LogP contribution is 2.30. The number of rotatable bonds is 3. The van der Waals surface area contributed by atoms with Crippen LogP contribution in [0.1, 0.15) is 5.69 Å². The summed E-state index contributed by atoms with van der Waals surface area (Å²) in [5.41, 5.74) is 1.26. The van der Waals surface area contributed by atoms with Crippen LogP contribution in [0, 0.1) is 10.1 Å². The molecule has 0 atom stereocenters. The van der Waals surface area contributed by atoms with E-state index in [0.29, 0.717) is 28.6 Å². The lowest BCUT2D eigenvalue weighted by Crippen LogP contribution is -2.11. The average molecular weight is 385 g/mol.